The lowest BCUT2D eigenvalue weighted by atomic mass is 10.2. The standard InChI is InChI=1S/C21H20N4O4/c26-18(22-20-24-23-19(29-20)16-10-5-2-6-11-16)17-12-7-13-25(17)21(27)28-14-15-8-3-1-4-9-15/h1-6,8-11,17H,7,12-14H2,(H,22,24,26). The van der Waals surface area contributed by atoms with Gasteiger partial charge in [-0.05, 0) is 30.5 Å². The highest BCUT2D eigenvalue weighted by atomic mass is 16.6. The van der Waals surface area contributed by atoms with Gasteiger partial charge in [0.2, 0.25) is 5.89 Å². The maximum Gasteiger partial charge on any atom is 0.410 e. The largest absolute Gasteiger partial charge is 0.445 e. The first-order valence-corrected chi connectivity index (χ1v) is 9.38. The molecule has 1 unspecified atom stereocenters. The van der Waals surface area contributed by atoms with Crippen molar-refractivity contribution in [1.29, 1.82) is 0 Å². The molecule has 0 aliphatic carbocycles. The molecule has 1 fully saturated rings. The monoisotopic (exact) mass is 392 g/mol. The fourth-order valence-corrected chi connectivity index (χ4v) is 3.22. The number of carbonyl (C=O) groups excluding carboxylic acids is 2. The molecule has 8 heteroatoms. The van der Waals surface area contributed by atoms with Crippen molar-refractivity contribution in [2.75, 3.05) is 11.9 Å². The summed E-state index contributed by atoms with van der Waals surface area (Å²) in [5.74, 6) is -0.0612. The summed E-state index contributed by atoms with van der Waals surface area (Å²) in [7, 11) is 0. The predicted molar refractivity (Wildman–Crippen MR) is 105 cm³/mol. The van der Waals surface area contributed by atoms with Crippen LogP contribution in [0.1, 0.15) is 18.4 Å². The molecule has 1 atom stereocenters. The van der Waals surface area contributed by atoms with Crippen molar-refractivity contribution >= 4 is 18.0 Å². The highest BCUT2D eigenvalue weighted by molar-refractivity contribution is 5.95. The van der Waals surface area contributed by atoms with Gasteiger partial charge in [0.1, 0.15) is 12.6 Å². The van der Waals surface area contributed by atoms with Gasteiger partial charge in [-0.1, -0.05) is 53.6 Å². The highest BCUT2D eigenvalue weighted by Gasteiger charge is 2.35. The molecule has 3 aromatic rings. The summed E-state index contributed by atoms with van der Waals surface area (Å²) in [5, 5.41) is 10.4. The second-order valence-electron chi connectivity index (χ2n) is 6.66. The van der Waals surface area contributed by atoms with E-state index in [-0.39, 0.29) is 18.5 Å². The second-order valence-corrected chi connectivity index (χ2v) is 6.66. The number of nitrogens with zero attached hydrogens (tertiary/aromatic N) is 3. The minimum Gasteiger partial charge on any atom is -0.445 e. The Morgan fingerprint density at radius 3 is 2.55 bits per heavy atom. The van der Waals surface area contributed by atoms with Gasteiger partial charge in [0.25, 0.3) is 5.91 Å². The van der Waals surface area contributed by atoms with Crippen LogP contribution >= 0.6 is 0 Å². The van der Waals surface area contributed by atoms with E-state index in [1.807, 2.05) is 60.7 Å². The van der Waals surface area contributed by atoms with Crippen molar-refractivity contribution in [1.82, 2.24) is 15.1 Å². The highest BCUT2D eigenvalue weighted by Crippen LogP contribution is 2.22. The number of hydrogen-bond donors (Lipinski definition) is 1. The van der Waals surface area contributed by atoms with Gasteiger partial charge in [0.05, 0.1) is 0 Å². The lowest BCUT2D eigenvalue weighted by molar-refractivity contribution is -0.120. The summed E-state index contributed by atoms with van der Waals surface area (Å²) in [6.07, 6.45) is 0.755. The first kappa shape index (κ1) is 18.7. The summed E-state index contributed by atoms with van der Waals surface area (Å²) < 4.78 is 10.9. The van der Waals surface area contributed by atoms with Gasteiger partial charge in [-0.25, -0.2) is 4.79 Å². The molecule has 2 aromatic carbocycles. The number of amides is 2. The van der Waals surface area contributed by atoms with Gasteiger partial charge in [-0.3, -0.25) is 15.0 Å². The maximum atomic E-state index is 12.7. The molecule has 1 aliphatic rings. The average molecular weight is 392 g/mol. The molecule has 2 amide bonds. The van der Waals surface area contributed by atoms with Crippen LogP contribution in [0.25, 0.3) is 11.5 Å². The Balaban J connectivity index is 1.36. The third-order valence-corrected chi connectivity index (χ3v) is 4.67. The normalized spacial score (nSPS) is 15.9. The SMILES string of the molecule is O=C(Nc1nnc(-c2ccccc2)o1)C1CCCN1C(=O)OCc1ccccc1. The Kier molecular flexibility index (Phi) is 5.51. The van der Waals surface area contributed by atoms with E-state index in [9.17, 15) is 9.59 Å². The van der Waals surface area contributed by atoms with E-state index in [4.69, 9.17) is 9.15 Å². The molecule has 8 nitrogen and oxygen atoms in total. The summed E-state index contributed by atoms with van der Waals surface area (Å²) in [4.78, 5) is 26.5. The number of hydrogen-bond acceptors (Lipinski definition) is 6. The molecule has 1 aliphatic heterocycles. The van der Waals surface area contributed by atoms with Gasteiger partial charge < -0.3 is 9.15 Å². The first-order valence-electron chi connectivity index (χ1n) is 9.38. The van der Waals surface area contributed by atoms with Gasteiger partial charge in [-0.15, -0.1) is 5.10 Å². The number of rotatable bonds is 5. The number of ether oxygens (including phenoxy) is 1. The van der Waals surface area contributed by atoms with Crippen LogP contribution in [0.3, 0.4) is 0 Å². The van der Waals surface area contributed by atoms with Crippen molar-refractivity contribution in [2.45, 2.75) is 25.5 Å². The number of likely N-dealkylation sites (tertiary alicyclic amines) is 1. The fraction of sp³-hybridized carbons (Fsp3) is 0.238. The molecule has 1 saturated heterocycles. The van der Waals surface area contributed by atoms with Crippen LogP contribution in [-0.4, -0.2) is 39.7 Å². The molecule has 1 N–H and O–H groups in total. The van der Waals surface area contributed by atoms with E-state index >= 15 is 0 Å². The summed E-state index contributed by atoms with van der Waals surface area (Å²) in [6.45, 7) is 0.624. The minimum absolute atomic E-state index is 0.00152. The van der Waals surface area contributed by atoms with E-state index in [0.717, 1.165) is 17.5 Å². The number of nitrogens with one attached hydrogen (secondary N) is 1. The molecule has 1 aromatic heterocycles. The quantitative estimate of drug-likeness (QED) is 0.714. The maximum absolute atomic E-state index is 12.7. The van der Waals surface area contributed by atoms with Crippen LogP contribution in [0.4, 0.5) is 10.8 Å². The molecule has 0 saturated carbocycles. The van der Waals surface area contributed by atoms with Crippen LogP contribution < -0.4 is 5.32 Å². The summed E-state index contributed by atoms with van der Waals surface area (Å²) in [5.41, 5.74) is 1.65. The molecular weight excluding hydrogens is 372 g/mol. The van der Waals surface area contributed by atoms with Crippen LogP contribution in [0.5, 0.6) is 0 Å². The van der Waals surface area contributed by atoms with Crippen molar-refractivity contribution in [3.63, 3.8) is 0 Å². The molecule has 148 valence electrons. The van der Waals surface area contributed by atoms with Crippen LogP contribution in [0.2, 0.25) is 0 Å². The third-order valence-electron chi connectivity index (χ3n) is 4.67. The van der Waals surface area contributed by atoms with E-state index in [1.165, 1.54) is 4.90 Å². The second kappa shape index (κ2) is 8.55. The average Bonchev–Trinajstić information content (AvgIpc) is 3.43. The van der Waals surface area contributed by atoms with Crippen LogP contribution in [-0.2, 0) is 16.1 Å². The molecule has 2 heterocycles. The molecule has 0 radical (unpaired) electrons. The van der Waals surface area contributed by atoms with Gasteiger partial charge in [0.15, 0.2) is 0 Å². The molecule has 0 bridgehead atoms. The molecular formula is C21H20N4O4. The zero-order chi connectivity index (χ0) is 20.1. The van der Waals surface area contributed by atoms with Crippen molar-refractivity contribution < 1.29 is 18.7 Å². The number of anilines is 1. The smallest absolute Gasteiger partial charge is 0.410 e. The number of carbonyl (C=O) groups is 2. The Labute approximate surface area is 167 Å². The van der Waals surface area contributed by atoms with Crippen LogP contribution in [0.15, 0.2) is 65.1 Å². The summed E-state index contributed by atoms with van der Waals surface area (Å²) in [6, 6.07) is 18.0. The summed E-state index contributed by atoms with van der Waals surface area (Å²) >= 11 is 0. The van der Waals surface area contributed by atoms with Crippen molar-refractivity contribution in [2.24, 2.45) is 0 Å². The zero-order valence-corrected chi connectivity index (χ0v) is 15.7. The van der Waals surface area contributed by atoms with E-state index in [2.05, 4.69) is 15.5 Å². The minimum atomic E-state index is -0.634. The third kappa shape index (κ3) is 4.43. The van der Waals surface area contributed by atoms with Gasteiger partial charge in [-0.2, -0.15) is 0 Å². The van der Waals surface area contributed by atoms with Crippen LogP contribution in [0, 0.1) is 0 Å². The first-order chi connectivity index (χ1) is 14.2. The Bertz CT molecular complexity index is 975. The van der Waals surface area contributed by atoms with Gasteiger partial charge in [0, 0.05) is 12.1 Å². The van der Waals surface area contributed by atoms with E-state index in [0.29, 0.717) is 18.9 Å². The Morgan fingerprint density at radius 2 is 1.79 bits per heavy atom. The number of aromatic nitrogens is 2. The zero-order valence-electron chi connectivity index (χ0n) is 15.7. The lowest BCUT2D eigenvalue weighted by Gasteiger charge is -2.22. The van der Waals surface area contributed by atoms with Crippen molar-refractivity contribution in [3.05, 3.63) is 66.2 Å². The molecule has 0 spiro atoms. The molecule has 29 heavy (non-hydrogen) atoms. The van der Waals surface area contributed by atoms with E-state index < -0.39 is 12.1 Å². The van der Waals surface area contributed by atoms with E-state index in [1.54, 1.807) is 0 Å². The van der Waals surface area contributed by atoms with Crippen molar-refractivity contribution in [3.8, 4) is 11.5 Å². The number of benzene rings is 2. The predicted octanol–water partition coefficient (Wildman–Crippen LogP) is 3.48. The fourth-order valence-electron chi connectivity index (χ4n) is 3.22. The molecule has 4 rings (SSSR count). The van der Waals surface area contributed by atoms with Gasteiger partial charge >= 0.3 is 12.1 Å². The topological polar surface area (TPSA) is 97.6 Å². The lowest BCUT2D eigenvalue weighted by Crippen LogP contribution is -2.43. The Hall–Kier alpha value is -3.68. The Morgan fingerprint density at radius 1 is 1.07 bits per heavy atom.